The SMILES string of the molecule is C[C@@]1(O)CC[C@H]2[C@H](CC[C@@H]3[C@@H]2CC[C@]2(C)[C@H](C(=O)Cn4cc(C#N)cn4)[C@]4(C)C[C@@H]4C[C@@H]32)C1. The lowest BCUT2D eigenvalue weighted by Gasteiger charge is -2.61. The highest BCUT2D eigenvalue weighted by molar-refractivity contribution is 5.83. The smallest absolute Gasteiger partial charge is 0.158 e. The van der Waals surface area contributed by atoms with Crippen LogP contribution in [0.5, 0.6) is 0 Å². The van der Waals surface area contributed by atoms with E-state index in [1.165, 1.54) is 44.9 Å². The first-order valence-corrected chi connectivity index (χ1v) is 13.3. The molecule has 0 aromatic carbocycles. The third-order valence-electron chi connectivity index (χ3n) is 11.4. The maximum atomic E-state index is 13.9. The van der Waals surface area contributed by atoms with Crippen molar-refractivity contribution in [2.75, 3.05) is 0 Å². The highest BCUT2D eigenvalue weighted by Gasteiger charge is 2.70. The first-order chi connectivity index (χ1) is 15.6. The van der Waals surface area contributed by atoms with E-state index in [4.69, 9.17) is 5.26 Å². The molecule has 5 fully saturated rings. The number of fused-ring (bicyclic) bond motifs is 6. The van der Waals surface area contributed by atoms with Crippen molar-refractivity contribution in [1.29, 1.82) is 5.26 Å². The molecule has 0 saturated heterocycles. The summed E-state index contributed by atoms with van der Waals surface area (Å²) in [7, 11) is 0. The van der Waals surface area contributed by atoms with Crippen LogP contribution in [0.2, 0.25) is 0 Å². The molecule has 1 N–H and O–H groups in total. The van der Waals surface area contributed by atoms with Crippen LogP contribution >= 0.6 is 0 Å². The zero-order valence-electron chi connectivity index (χ0n) is 20.5. The molecule has 1 heterocycles. The molecule has 5 nitrogen and oxygen atoms in total. The van der Waals surface area contributed by atoms with E-state index in [2.05, 4.69) is 25.0 Å². The van der Waals surface area contributed by atoms with Crippen molar-refractivity contribution in [1.82, 2.24) is 9.78 Å². The minimum absolute atomic E-state index is 0.0816. The number of ketones is 1. The van der Waals surface area contributed by atoms with Gasteiger partial charge in [0.2, 0.25) is 0 Å². The first-order valence-electron chi connectivity index (χ1n) is 13.3. The average Bonchev–Trinajstić information content (AvgIpc) is 3.20. The van der Waals surface area contributed by atoms with Crippen molar-refractivity contribution in [3.8, 4) is 6.07 Å². The molecule has 5 saturated carbocycles. The van der Waals surface area contributed by atoms with Crippen molar-refractivity contribution >= 4 is 5.78 Å². The zero-order valence-corrected chi connectivity index (χ0v) is 20.5. The van der Waals surface area contributed by atoms with E-state index in [-0.39, 0.29) is 16.7 Å². The van der Waals surface area contributed by atoms with E-state index in [1.807, 2.05) is 6.92 Å². The number of hydrogen-bond donors (Lipinski definition) is 1. The summed E-state index contributed by atoms with van der Waals surface area (Å²) in [5.41, 5.74) is 0.293. The molecule has 1 aromatic heterocycles. The monoisotopic (exact) mass is 449 g/mol. The molecule has 6 rings (SSSR count). The third-order valence-corrected chi connectivity index (χ3v) is 11.4. The fraction of sp³-hybridized carbons (Fsp3) is 0.821. The quantitative estimate of drug-likeness (QED) is 0.706. The summed E-state index contributed by atoms with van der Waals surface area (Å²) in [4.78, 5) is 13.9. The van der Waals surface area contributed by atoms with Crippen LogP contribution in [0.4, 0.5) is 0 Å². The molecule has 1 aromatic rings. The number of hydrogen-bond acceptors (Lipinski definition) is 4. The van der Waals surface area contributed by atoms with Gasteiger partial charge in [-0.25, -0.2) is 0 Å². The van der Waals surface area contributed by atoms with Gasteiger partial charge in [-0.1, -0.05) is 13.8 Å². The lowest BCUT2D eigenvalue weighted by Crippen LogP contribution is -2.57. The van der Waals surface area contributed by atoms with Gasteiger partial charge in [-0.05, 0) is 111 Å². The maximum absolute atomic E-state index is 13.9. The highest BCUT2D eigenvalue weighted by atomic mass is 16.3. The van der Waals surface area contributed by atoms with Crippen LogP contribution in [0.1, 0.15) is 84.1 Å². The largest absolute Gasteiger partial charge is 0.390 e. The van der Waals surface area contributed by atoms with Gasteiger partial charge in [0.1, 0.15) is 6.07 Å². The zero-order chi connectivity index (χ0) is 23.2. The molecule has 0 radical (unpaired) electrons. The fourth-order valence-corrected chi connectivity index (χ4v) is 9.96. The Morgan fingerprint density at radius 3 is 2.67 bits per heavy atom. The molecular formula is C28H39N3O2. The molecule has 0 aliphatic heterocycles. The van der Waals surface area contributed by atoms with Crippen LogP contribution in [-0.2, 0) is 11.3 Å². The summed E-state index contributed by atoms with van der Waals surface area (Å²) in [6.45, 7) is 7.16. The number of carbonyl (C=O) groups is 1. The van der Waals surface area contributed by atoms with Crippen LogP contribution in [-0.4, -0.2) is 26.3 Å². The van der Waals surface area contributed by atoms with Gasteiger partial charge in [0, 0.05) is 12.1 Å². The Labute approximate surface area is 197 Å². The predicted octanol–water partition coefficient (Wildman–Crippen LogP) is 4.98. The topological polar surface area (TPSA) is 78.9 Å². The Bertz CT molecular complexity index is 1010. The Balaban J connectivity index is 1.26. The molecule has 33 heavy (non-hydrogen) atoms. The number of rotatable bonds is 3. The summed E-state index contributed by atoms with van der Waals surface area (Å²) in [6.07, 6.45) is 13.9. The number of nitrogens with zero attached hydrogens (tertiary/aromatic N) is 3. The second kappa shape index (κ2) is 7.17. The Hall–Kier alpha value is -1.67. The van der Waals surface area contributed by atoms with Crippen molar-refractivity contribution < 1.29 is 9.90 Å². The second-order valence-electron chi connectivity index (χ2n) is 13.3. The first kappa shape index (κ1) is 21.8. The van der Waals surface area contributed by atoms with Crippen molar-refractivity contribution in [2.24, 2.45) is 52.3 Å². The summed E-state index contributed by atoms with van der Waals surface area (Å²) in [5.74, 6) is 4.81. The summed E-state index contributed by atoms with van der Waals surface area (Å²) in [6, 6.07) is 2.13. The summed E-state index contributed by atoms with van der Waals surface area (Å²) >= 11 is 0. The van der Waals surface area contributed by atoms with Crippen LogP contribution in [0.15, 0.2) is 12.4 Å². The Kier molecular flexibility index (Phi) is 4.74. The lowest BCUT2D eigenvalue weighted by molar-refractivity contribution is -0.157. The number of carbonyl (C=O) groups excluding carboxylic acids is 1. The maximum Gasteiger partial charge on any atom is 0.158 e. The predicted molar refractivity (Wildman–Crippen MR) is 125 cm³/mol. The molecule has 5 heteroatoms. The van der Waals surface area contributed by atoms with E-state index < -0.39 is 5.60 Å². The second-order valence-corrected chi connectivity index (χ2v) is 13.3. The molecular weight excluding hydrogens is 410 g/mol. The van der Waals surface area contributed by atoms with Crippen LogP contribution in [0.3, 0.4) is 0 Å². The van der Waals surface area contributed by atoms with E-state index >= 15 is 0 Å². The van der Waals surface area contributed by atoms with Crippen molar-refractivity contribution in [2.45, 2.75) is 90.7 Å². The van der Waals surface area contributed by atoms with Crippen LogP contribution in [0.25, 0.3) is 0 Å². The standard InChI is InChI=1S/C28H39N3O2/c1-26(33)8-6-20-18(11-26)4-5-22-21(20)7-9-27(2)23(22)10-19-12-28(19,3)25(27)24(32)16-31-15-17(13-29)14-30-31/h14-15,18-23,25,33H,4-12,16H2,1-3H3/t18-,19+,20+,21-,22-,23+,25+,26-,27+,28-/m1/s1. The number of Topliss-reactive ketones (excluding diaryl/α,β-unsaturated/α-hetero) is 1. The van der Waals surface area contributed by atoms with Gasteiger partial charge in [0.15, 0.2) is 5.78 Å². The molecule has 5 aliphatic carbocycles. The molecule has 0 spiro atoms. The highest BCUT2D eigenvalue weighted by Crippen LogP contribution is 2.75. The van der Waals surface area contributed by atoms with Crippen molar-refractivity contribution in [3.05, 3.63) is 18.0 Å². The van der Waals surface area contributed by atoms with Gasteiger partial charge < -0.3 is 5.11 Å². The Morgan fingerprint density at radius 2 is 1.91 bits per heavy atom. The van der Waals surface area contributed by atoms with Gasteiger partial charge >= 0.3 is 0 Å². The van der Waals surface area contributed by atoms with Crippen molar-refractivity contribution in [3.63, 3.8) is 0 Å². The van der Waals surface area contributed by atoms with Gasteiger partial charge in [-0.2, -0.15) is 10.4 Å². The van der Waals surface area contributed by atoms with Gasteiger partial charge in [-0.15, -0.1) is 0 Å². The summed E-state index contributed by atoms with van der Waals surface area (Å²) < 4.78 is 1.68. The number of aromatic nitrogens is 2. The van der Waals surface area contributed by atoms with E-state index in [0.717, 1.165) is 30.6 Å². The molecule has 0 bridgehead atoms. The number of aliphatic hydroxyl groups is 1. The molecule has 0 unspecified atom stereocenters. The van der Waals surface area contributed by atoms with E-state index in [9.17, 15) is 9.90 Å². The minimum atomic E-state index is -0.465. The fourth-order valence-electron chi connectivity index (χ4n) is 9.96. The normalized spacial score (nSPS) is 50.2. The number of nitriles is 1. The van der Waals surface area contributed by atoms with Gasteiger partial charge in [0.25, 0.3) is 0 Å². The molecule has 0 amide bonds. The van der Waals surface area contributed by atoms with Crippen LogP contribution in [0, 0.1) is 63.6 Å². The molecule has 5 aliphatic rings. The Morgan fingerprint density at radius 1 is 1.12 bits per heavy atom. The molecule has 178 valence electrons. The average molecular weight is 450 g/mol. The van der Waals surface area contributed by atoms with E-state index in [0.29, 0.717) is 35.6 Å². The van der Waals surface area contributed by atoms with E-state index in [1.54, 1.807) is 17.1 Å². The summed E-state index contributed by atoms with van der Waals surface area (Å²) in [5, 5.41) is 24.1. The minimum Gasteiger partial charge on any atom is -0.390 e. The lowest BCUT2D eigenvalue weighted by atomic mass is 9.43. The van der Waals surface area contributed by atoms with Gasteiger partial charge in [0.05, 0.1) is 23.9 Å². The third kappa shape index (κ3) is 3.27. The van der Waals surface area contributed by atoms with Gasteiger partial charge in [-0.3, -0.25) is 9.48 Å². The van der Waals surface area contributed by atoms with Crippen LogP contribution < -0.4 is 0 Å². The molecule has 10 atom stereocenters.